The minimum absolute atomic E-state index is 0.0369. The average molecular weight is 271 g/mol. The molecule has 2 heterocycles. The monoisotopic (exact) mass is 270 g/mol. The van der Waals surface area contributed by atoms with Crippen molar-refractivity contribution in [3.63, 3.8) is 0 Å². The highest BCUT2D eigenvalue weighted by Gasteiger charge is 2.16. The Morgan fingerprint density at radius 2 is 2.29 bits per heavy atom. The molecule has 7 heteroatoms. The first-order chi connectivity index (χ1) is 8.08. The lowest BCUT2D eigenvalue weighted by atomic mass is 10.3. The van der Waals surface area contributed by atoms with Crippen LogP contribution in [0.25, 0.3) is 15.2 Å². The van der Waals surface area contributed by atoms with Gasteiger partial charge in [0, 0.05) is 6.20 Å². The van der Waals surface area contributed by atoms with Gasteiger partial charge in [0.15, 0.2) is 10.7 Å². The number of hydrogen-bond donors (Lipinski definition) is 1. The van der Waals surface area contributed by atoms with E-state index in [9.17, 15) is 9.18 Å². The highest BCUT2D eigenvalue weighted by atomic mass is 35.5. The van der Waals surface area contributed by atoms with Gasteiger partial charge in [0.2, 0.25) is 0 Å². The summed E-state index contributed by atoms with van der Waals surface area (Å²) in [5, 5.41) is 8.85. The summed E-state index contributed by atoms with van der Waals surface area (Å²) in [5.41, 5.74) is 0.606. The number of imidazole rings is 1. The molecule has 0 bridgehead atoms. The quantitative estimate of drug-likeness (QED) is 0.739. The molecule has 0 aliphatic carbocycles. The molecule has 86 valence electrons. The Bertz CT molecular complexity index is 764. The summed E-state index contributed by atoms with van der Waals surface area (Å²) in [6, 6.07) is 2.80. The Hall–Kier alpha value is -1.66. The van der Waals surface area contributed by atoms with E-state index < -0.39 is 11.8 Å². The van der Waals surface area contributed by atoms with E-state index in [0.29, 0.717) is 15.2 Å². The fraction of sp³-hybridized carbons (Fsp3) is 0. The number of thiazole rings is 1. The van der Waals surface area contributed by atoms with Gasteiger partial charge in [-0.05, 0) is 12.1 Å². The van der Waals surface area contributed by atoms with Crippen molar-refractivity contribution < 1.29 is 14.3 Å². The molecule has 0 unspecified atom stereocenters. The number of carbonyl (C=O) groups is 1. The van der Waals surface area contributed by atoms with Gasteiger partial charge in [0.1, 0.15) is 5.82 Å². The summed E-state index contributed by atoms with van der Waals surface area (Å²) in [4.78, 5) is 15.2. The molecule has 0 aliphatic rings. The van der Waals surface area contributed by atoms with Crippen LogP contribution in [0.2, 0.25) is 5.02 Å². The van der Waals surface area contributed by atoms with Gasteiger partial charge in [0.05, 0.1) is 15.2 Å². The molecule has 0 radical (unpaired) electrons. The number of hydrogen-bond acceptors (Lipinski definition) is 3. The highest BCUT2D eigenvalue weighted by Crippen LogP contribution is 2.33. The number of carboxylic acids is 1. The molecular formula is C10H4ClFN2O2S. The summed E-state index contributed by atoms with van der Waals surface area (Å²) in [5.74, 6) is -1.59. The molecule has 0 aliphatic heterocycles. The second kappa shape index (κ2) is 3.41. The van der Waals surface area contributed by atoms with Crippen LogP contribution < -0.4 is 0 Å². The molecule has 1 N–H and O–H groups in total. The van der Waals surface area contributed by atoms with Crippen LogP contribution in [-0.2, 0) is 0 Å². The number of aromatic carboxylic acids is 1. The number of halogens is 2. The molecule has 0 spiro atoms. The molecule has 3 aromatic rings. The van der Waals surface area contributed by atoms with Gasteiger partial charge in [-0.3, -0.25) is 4.40 Å². The molecular weight excluding hydrogens is 267 g/mol. The largest absolute Gasteiger partial charge is 0.476 e. The summed E-state index contributed by atoms with van der Waals surface area (Å²) in [6.07, 6.45) is 1.39. The van der Waals surface area contributed by atoms with Gasteiger partial charge in [0.25, 0.3) is 0 Å². The third-order valence-electron chi connectivity index (χ3n) is 2.37. The van der Waals surface area contributed by atoms with Crippen molar-refractivity contribution in [3.8, 4) is 0 Å². The maximum Gasteiger partial charge on any atom is 0.356 e. The lowest BCUT2D eigenvalue weighted by Gasteiger charge is -1.95. The van der Waals surface area contributed by atoms with Gasteiger partial charge < -0.3 is 5.11 Å². The molecule has 0 saturated heterocycles. The van der Waals surface area contributed by atoms with Crippen LogP contribution >= 0.6 is 22.9 Å². The van der Waals surface area contributed by atoms with E-state index in [1.165, 1.54) is 12.3 Å². The zero-order valence-corrected chi connectivity index (χ0v) is 9.72. The minimum Gasteiger partial charge on any atom is -0.476 e. The van der Waals surface area contributed by atoms with Gasteiger partial charge in [-0.2, -0.15) is 0 Å². The Morgan fingerprint density at radius 1 is 1.53 bits per heavy atom. The first kappa shape index (κ1) is 10.5. The maximum absolute atomic E-state index is 13.2. The third kappa shape index (κ3) is 1.41. The van der Waals surface area contributed by atoms with Crippen LogP contribution in [0.1, 0.15) is 10.5 Å². The van der Waals surface area contributed by atoms with Crippen LogP contribution in [0.4, 0.5) is 4.39 Å². The van der Waals surface area contributed by atoms with Crippen molar-refractivity contribution in [1.82, 2.24) is 9.38 Å². The smallest absolute Gasteiger partial charge is 0.356 e. The molecule has 2 aromatic heterocycles. The molecule has 0 atom stereocenters. The predicted molar refractivity (Wildman–Crippen MR) is 62.5 cm³/mol. The Labute approximate surface area is 103 Å². The Morgan fingerprint density at radius 3 is 3.00 bits per heavy atom. The molecule has 4 nitrogen and oxygen atoms in total. The number of benzene rings is 1. The van der Waals surface area contributed by atoms with Gasteiger partial charge in [-0.1, -0.05) is 22.9 Å². The van der Waals surface area contributed by atoms with E-state index in [1.807, 2.05) is 0 Å². The first-order valence-electron chi connectivity index (χ1n) is 4.57. The van der Waals surface area contributed by atoms with Gasteiger partial charge in [-0.15, -0.1) is 0 Å². The fourth-order valence-corrected chi connectivity index (χ4v) is 2.92. The zero-order valence-electron chi connectivity index (χ0n) is 8.15. The van der Waals surface area contributed by atoms with Crippen LogP contribution in [0.5, 0.6) is 0 Å². The molecule has 17 heavy (non-hydrogen) atoms. The van der Waals surface area contributed by atoms with E-state index in [-0.39, 0.29) is 10.7 Å². The minimum atomic E-state index is -1.10. The summed E-state index contributed by atoms with van der Waals surface area (Å²) >= 11 is 6.99. The topological polar surface area (TPSA) is 54.6 Å². The van der Waals surface area contributed by atoms with Crippen molar-refractivity contribution in [2.75, 3.05) is 0 Å². The molecule has 0 saturated carbocycles. The van der Waals surface area contributed by atoms with Crippen molar-refractivity contribution in [2.24, 2.45) is 0 Å². The average Bonchev–Trinajstić information content (AvgIpc) is 2.81. The number of carboxylic acid groups (broad SMARTS) is 1. The SMILES string of the molecule is O=C(O)c1cn2c(n1)sc1c(Cl)c(F)ccc12. The van der Waals surface area contributed by atoms with E-state index in [1.54, 1.807) is 10.5 Å². The second-order valence-electron chi connectivity index (χ2n) is 3.40. The number of rotatable bonds is 1. The summed E-state index contributed by atoms with van der Waals surface area (Å²) in [6.45, 7) is 0. The standard InChI is InChI=1S/C10H4ClFN2O2S/c11-7-4(12)1-2-6-8(7)17-10-13-5(9(15)16)3-14(6)10/h1-3H,(H,15,16). The van der Waals surface area contributed by atoms with Gasteiger partial charge >= 0.3 is 5.97 Å². The predicted octanol–water partition coefficient (Wildman–Crippen LogP) is 3.04. The first-order valence-corrected chi connectivity index (χ1v) is 5.76. The van der Waals surface area contributed by atoms with Crippen LogP contribution in [-0.4, -0.2) is 20.5 Å². The zero-order chi connectivity index (χ0) is 12.2. The number of aromatic nitrogens is 2. The van der Waals surface area contributed by atoms with E-state index in [2.05, 4.69) is 4.98 Å². The second-order valence-corrected chi connectivity index (χ2v) is 4.75. The van der Waals surface area contributed by atoms with E-state index in [4.69, 9.17) is 16.7 Å². The summed E-state index contributed by atoms with van der Waals surface area (Å²) in [7, 11) is 0. The van der Waals surface area contributed by atoms with Crippen LogP contribution in [0.3, 0.4) is 0 Å². The highest BCUT2D eigenvalue weighted by molar-refractivity contribution is 7.24. The molecule has 1 aromatic carbocycles. The number of fused-ring (bicyclic) bond motifs is 3. The maximum atomic E-state index is 13.2. The van der Waals surface area contributed by atoms with Crippen molar-refractivity contribution in [1.29, 1.82) is 0 Å². The van der Waals surface area contributed by atoms with Crippen LogP contribution in [0.15, 0.2) is 18.3 Å². The third-order valence-corrected chi connectivity index (χ3v) is 3.94. The lowest BCUT2D eigenvalue weighted by molar-refractivity contribution is 0.0691. The Kier molecular flexibility index (Phi) is 2.11. The normalized spacial score (nSPS) is 11.4. The van der Waals surface area contributed by atoms with Gasteiger partial charge in [-0.25, -0.2) is 14.2 Å². The lowest BCUT2D eigenvalue weighted by Crippen LogP contribution is -1.95. The molecule has 3 rings (SSSR count). The molecule has 0 fully saturated rings. The Balaban J connectivity index is 2.42. The number of nitrogens with zero attached hydrogens (tertiary/aromatic N) is 2. The van der Waals surface area contributed by atoms with E-state index >= 15 is 0 Å². The fourth-order valence-electron chi connectivity index (χ4n) is 1.61. The van der Waals surface area contributed by atoms with Crippen LogP contribution in [0, 0.1) is 5.82 Å². The van der Waals surface area contributed by atoms with E-state index in [0.717, 1.165) is 11.3 Å². The molecule has 0 amide bonds. The van der Waals surface area contributed by atoms with Crippen molar-refractivity contribution >= 4 is 44.1 Å². The van der Waals surface area contributed by atoms with Crippen molar-refractivity contribution in [3.05, 3.63) is 34.9 Å². The van der Waals surface area contributed by atoms with Crippen molar-refractivity contribution in [2.45, 2.75) is 0 Å². The summed E-state index contributed by atoms with van der Waals surface area (Å²) < 4.78 is 15.4.